The number of aromatic carboxylic acids is 1. The number of hydrogen-bond donors (Lipinski definition) is 1. The quantitative estimate of drug-likeness (QED) is 0.777. The van der Waals surface area contributed by atoms with Gasteiger partial charge in [-0.2, -0.15) is 26.3 Å². The van der Waals surface area contributed by atoms with Crippen LogP contribution in [0.15, 0.2) is 42.5 Å². The molecule has 0 atom stereocenters. The lowest BCUT2D eigenvalue weighted by Gasteiger charge is -2.13. The highest BCUT2D eigenvalue weighted by Gasteiger charge is 2.35. The van der Waals surface area contributed by atoms with Crippen LogP contribution in [0, 0.1) is 0 Å². The first kappa shape index (κ1) is 16.9. The summed E-state index contributed by atoms with van der Waals surface area (Å²) in [6, 6.07) is 6.03. The highest BCUT2D eigenvalue weighted by atomic mass is 19.4. The van der Waals surface area contributed by atoms with Crippen molar-refractivity contribution < 1.29 is 36.2 Å². The fourth-order valence-corrected chi connectivity index (χ4v) is 2.00. The number of hydrogen-bond acceptors (Lipinski definition) is 1. The van der Waals surface area contributed by atoms with Crippen LogP contribution in [0.4, 0.5) is 26.3 Å². The van der Waals surface area contributed by atoms with Gasteiger partial charge in [0.1, 0.15) is 0 Å². The molecule has 2 rings (SSSR count). The van der Waals surface area contributed by atoms with Gasteiger partial charge in [0.2, 0.25) is 0 Å². The van der Waals surface area contributed by atoms with Gasteiger partial charge in [-0.05, 0) is 35.4 Å². The van der Waals surface area contributed by atoms with Crippen molar-refractivity contribution in [1.29, 1.82) is 0 Å². The predicted octanol–water partition coefficient (Wildman–Crippen LogP) is 5.09. The summed E-state index contributed by atoms with van der Waals surface area (Å²) in [5.74, 6) is -1.74. The van der Waals surface area contributed by atoms with Gasteiger partial charge in [-0.3, -0.25) is 0 Å². The Morgan fingerprint density at radius 1 is 0.783 bits per heavy atom. The first-order valence-corrected chi connectivity index (χ1v) is 6.12. The number of carboxylic acids is 1. The van der Waals surface area contributed by atoms with E-state index in [-0.39, 0.29) is 11.1 Å². The van der Waals surface area contributed by atoms with Crippen LogP contribution >= 0.6 is 0 Å². The molecule has 0 radical (unpaired) electrons. The highest BCUT2D eigenvalue weighted by molar-refractivity contribution is 5.90. The van der Waals surface area contributed by atoms with E-state index in [9.17, 15) is 31.1 Å². The molecule has 0 spiro atoms. The lowest BCUT2D eigenvalue weighted by Crippen LogP contribution is -2.13. The molecule has 0 aliphatic heterocycles. The van der Waals surface area contributed by atoms with E-state index in [0.29, 0.717) is 6.07 Å². The lowest BCUT2D eigenvalue weighted by molar-refractivity contribution is -0.138. The Labute approximate surface area is 126 Å². The van der Waals surface area contributed by atoms with Crippen molar-refractivity contribution in [3.8, 4) is 11.1 Å². The van der Waals surface area contributed by atoms with Gasteiger partial charge in [0.05, 0.1) is 16.7 Å². The molecule has 0 unspecified atom stereocenters. The minimum Gasteiger partial charge on any atom is -0.478 e. The molecule has 0 aliphatic rings. The Bertz CT molecular complexity index is 729. The minimum atomic E-state index is -4.89. The van der Waals surface area contributed by atoms with Crippen molar-refractivity contribution in [3.63, 3.8) is 0 Å². The molecule has 0 fully saturated rings. The van der Waals surface area contributed by atoms with E-state index in [1.54, 1.807) is 0 Å². The van der Waals surface area contributed by atoms with Gasteiger partial charge in [0.25, 0.3) is 0 Å². The van der Waals surface area contributed by atoms with Crippen LogP contribution in [-0.2, 0) is 12.4 Å². The normalized spacial score (nSPS) is 12.3. The average Bonchev–Trinajstić information content (AvgIpc) is 2.45. The van der Waals surface area contributed by atoms with E-state index >= 15 is 0 Å². The standard InChI is InChI=1S/C15H8F6O2/c16-14(17,18)10-4-1-8(2-5-10)9-3-6-11(13(22)23)12(7-9)15(19,20)21/h1-7H,(H,22,23). The number of benzene rings is 2. The van der Waals surface area contributed by atoms with Crippen molar-refractivity contribution in [2.75, 3.05) is 0 Å². The third-order valence-electron chi connectivity index (χ3n) is 3.10. The summed E-state index contributed by atoms with van der Waals surface area (Å²) < 4.78 is 76.1. The van der Waals surface area contributed by atoms with E-state index in [0.717, 1.165) is 36.4 Å². The molecule has 0 amide bonds. The molecule has 23 heavy (non-hydrogen) atoms. The molecule has 0 saturated heterocycles. The Kier molecular flexibility index (Phi) is 4.10. The second-order valence-corrected chi connectivity index (χ2v) is 4.64. The molecule has 2 nitrogen and oxygen atoms in total. The SMILES string of the molecule is O=C(O)c1ccc(-c2ccc(C(F)(F)F)cc2)cc1C(F)(F)F. The zero-order valence-electron chi connectivity index (χ0n) is 11.2. The van der Waals surface area contributed by atoms with Crippen LogP contribution in [0.2, 0.25) is 0 Å². The third kappa shape index (κ3) is 3.64. The second-order valence-electron chi connectivity index (χ2n) is 4.64. The van der Waals surface area contributed by atoms with Crippen LogP contribution in [0.5, 0.6) is 0 Å². The third-order valence-corrected chi connectivity index (χ3v) is 3.10. The van der Waals surface area contributed by atoms with E-state index in [4.69, 9.17) is 5.11 Å². The molecule has 2 aromatic rings. The first-order chi connectivity index (χ1) is 10.5. The molecule has 0 bridgehead atoms. The van der Waals surface area contributed by atoms with Crippen LogP contribution in [0.25, 0.3) is 11.1 Å². The largest absolute Gasteiger partial charge is 0.478 e. The van der Waals surface area contributed by atoms with Crippen molar-refractivity contribution in [1.82, 2.24) is 0 Å². The summed E-state index contributed by atoms with van der Waals surface area (Å²) in [6.45, 7) is 0. The van der Waals surface area contributed by atoms with Crippen LogP contribution in [-0.4, -0.2) is 11.1 Å². The Morgan fingerprint density at radius 2 is 1.30 bits per heavy atom. The maximum absolute atomic E-state index is 12.9. The minimum absolute atomic E-state index is 0.0314. The molecule has 8 heteroatoms. The topological polar surface area (TPSA) is 37.3 Å². The van der Waals surface area contributed by atoms with Crippen LogP contribution in [0.1, 0.15) is 21.5 Å². The maximum atomic E-state index is 12.9. The summed E-state index contributed by atoms with van der Waals surface area (Å²) >= 11 is 0. The van der Waals surface area contributed by atoms with Gasteiger partial charge in [-0.15, -0.1) is 0 Å². The van der Waals surface area contributed by atoms with Gasteiger partial charge < -0.3 is 5.11 Å². The van der Waals surface area contributed by atoms with Gasteiger partial charge in [-0.25, -0.2) is 4.79 Å². The Morgan fingerprint density at radius 3 is 1.74 bits per heavy atom. The first-order valence-electron chi connectivity index (χ1n) is 6.12. The van der Waals surface area contributed by atoms with Gasteiger partial charge in [0.15, 0.2) is 0 Å². The lowest BCUT2D eigenvalue weighted by atomic mass is 9.98. The smallest absolute Gasteiger partial charge is 0.417 e. The van der Waals surface area contributed by atoms with Gasteiger partial charge >= 0.3 is 18.3 Å². The van der Waals surface area contributed by atoms with Crippen molar-refractivity contribution in [2.45, 2.75) is 12.4 Å². The zero-order chi connectivity index (χ0) is 17.4. The molecular weight excluding hydrogens is 326 g/mol. The zero-order valence-corrected chi connectivity index (χ0v) is 11.2. The summed E-state index contributed by atoms with van der Waals surface area (Å²) in [6.07, 6.45) is -9.45. The van der Waals surface area contributed by atoms with Gasteiger partial charge in [0, 0.05) is 0 Å². The maximum Gasteiger partial charge on any atom is 0.417 e. The molecule has 0 saturated carbocycles. The summed E-state index contributed by atoms with van der Waals surface area (Å²) in [5.41, 5.74) is -3.13. The van der Waals surface area contributed by atoms with E-state index < -0.39 is 35.0 Å². The average molecular weight is 334 g/mol. The summed E-state index contributed by atoms with van der Waals surface area (Å²) in [4.78, 5) is 10.8. The molecule has 0 heterocycles. The fourth-order valence-electron chi connectivity index (χ4n) is 2.00. The monoisotopic (exact) mass is 334 g/mol. The van der Waals surface area contributed by atoms with Crippen LogP contribution < -0.4 is 0 Å². The van der Waals surface area contributed by atoms with Crippen molar-refractivity contribution in [3.05, 3.63) is 59.2 Å². The predicted molar refractivity (Wildman–Crippen MR) is 68.8 cm³/mol. The highest BCUT2D eigenvalue weighted by Crippen LogP contribution is 2.36. The van der Waals surface area contributed by atoms with E-state index in [2.05, 4.69) is 0 Å². The van der Waals surface area contributed by atoms with Gasteiger partial charge in [-0.1, -0.05) is 18.2 Å². The molecule has 122 valence electrons. The molecular formula is C15H8F6O2. The number of alkyl halides is 6. The number of carboxylic acid groups (broad SMARTS) is 1. The number of rotatable bonds is 2. The fraction of sp³-hybridized carbons (Fsp3) is 0.133. The second kappa shape index (κ2) is 5.60. The van der Waals surface area contributed by atoms with Crippen LogP contribution in [0.3, 0.4) is 0 Å². The molecule has 0 aromatic heterocycles. The molecule has 1 N–H and O–H groups in total. The number of halogens is 6. The Balaban J connectivity index is 2.51. The van der Waals surface area contributed by atoms with E-state index in [1.807, 2.05) is 0 Å². The summed E-state index contributed by atoms with van der Waals surface area (Å²) in [7, 11) is 0. The van der Waals surface area contributed by atoms with Crippen molar-refractivity contribution >= 4 is 5.97 Å². The van der Waals surface area contributed by atoms with Crippen molar-refractivity contribution in [2.24, 2.45) is 0 Å². The summed E-state index contributed by atoms with van der Waals surface area (Å²) in [5, 5.41) is 8.79. The molecule has 2 aromatic carbocycles. The Hall–Kier alpha value is -2.51. The molecule has 0 aliphatic carbocycles. The number of carbonyl (C=O) groups is 1. The van der Waals surface area contributed by atoms with E-state index in [1.165, 1.54) is 0 Å².